The Morgan fingerprint density at radius 2 is 1.82 bits per heavy atom. The number of nitrogens with zero attached hydrogens (tertiary/aromatic N) is 1. The van der Waals surface area contributed by atoms with Crippen LogP contribution in [0.2, 0.25) is 0 Å². The van der Waals surface area contributed by atoms with Gasteiger partial charge in [0.1, 0.15) is 5.82 Å². The Labute approximate surface area is 129 Å². The molecule has 0 spiro atoms. The minimum Gasteiger partial charge on any atom is -0.379 e. The number of carbonyl (C=O) groups excluding carboxylic acids is 2. The van der Waals surface area contributed by atoms with E-state index in [-0.39, 0.29) is 30.3 Å². The first-order chi connectivity index (χ1) is 10.6. The smallest absolute Gasteiger partial charge is 0.220 e. The molecule has 0 aromatic heterocycles. The SMILES string of the molecule is O=C(CCC(=O)c1ccc(F)cc1)NCCN1CCOCC1. The molecular weight excluding hydrogens is 287 g/mol. The molecule has 1 heterocycles. The van der Waals surface area contributed by atoms with Crippen molar-refractivity contribution in [3.05, 3.63) is 35.6 Å². The molecule has 5 nitrogen and oxygen atoms in total. The van der Waals surface area contributed by atoms with E-state index in [9.17, 15) is 14.0 Å². The highest BCUT2D eigenvalue weighted by molar-refractivity contribution is 5.97. The summed E-state index contributed by atoms with van der Waals surface area (Å²) in [5.74, 6) is -0.663. The van der Waals surface area contributed by atoms with Crippen LogP contribution in [0.25, 0.3) is 0 Å². The third-order valence-electron chi connectivity index (χ3n) is 3.60. The number of benzene rings is 1. The molecule has 120 valence electrons. The Balaban J connectivity index is 1.62. The standard InChI is InChI=1S/C16H21FN2O3/c17-14-3-1-13(2-4-14)15(20)5-6-16(21)18-7-8-19-9-11-22-12-10-19/h1-4H,5-12H2,(H,18,21). The highest BCUT2D eigenvalue weighted by Crippen LogP contribution is 2.07. The van der Waals surface area contributed by atoms with Crippen molar-refractivity contribution in [1.29, 1.82) is 0 Å². The number of halogens is 1. The molecule has 1 aromatic rings. The minimum atomic E-state index is -0.377. The van der Waals surface area contributed by atoms with Crippen LogP contribution < -0.4 is 5.32 Å². The summed E-state index contributed by atoms with van der Waals surface area (Å²) in [4.78, 5) is 25.8. The van der Waals surface area contributed by atoms with Crippen LogP contribution in [0, 0.1) is 5.82 Å². The zero-order chi connectivity index (χ0) is 15.8. The van der Waals surface area contributed by atoms with Crippen molar-refractivity contribution in [2.24, 2.45) is 0 Å². The van der Waals surface area contributed by atoms with Gasteiger partial charge in [-0.3, -0.25) is 14.5 Å². The number of amides is 1. The lowest BCUT2D eigenvalue weighted by Crippen LogP contribution is -2.41. The van der Waals surface area contributed by atoms with Crippen LogP contribution in [-0.4, -0.2) is 56.0 Å². The van der Waals surface area contributed by atoms with Crippen molar-refractivity contribution < 1.29 is 18.7 Å². The van der Waals surface area contributed by atoms with Crippen LogP contribution >= 0.6 is 0 Å². The number of ether oxygens (including phenoxy) is 1. The molecule has 0 atom stereocenters. The molecule has 1 fully saturated rings. The quantitative estimate of drug-likeness (QED) is 0.770. The fraction of sp³-hybridized carbons (Fsp3) is 0.500. The zero-order valence-corrected chi connectivity index (χ0v) is 12.5. The summed E-state index contributed by atoms with van der Waals surface area (Å²) in [6.07, 6.45) is 0.286. The summed E-state index contributed by atoms with van der Waals surface area (Å²) < 4.78 is 18.0. The lowest BCUT2D eigenvalue weighted by molar-refractivity contribution is -0.121. The molecule has 1 aromatic carbocycles. The van der Waals surface area contributed by atoms with Gasteiger partial charge in [0, 0.05) is 44.6 Å². The lowest BCUT2D eigenvalue weighted by Gasteiger charge is -2.26. The molecule has 1 N–H and O–H groups in total. The molecule has 22 heavy (non-hydrogen) atoms. The van der Waals surface area contributed by atoms with Crippen molar-refractivity contribution >= 4 is 11.7 Å². The van der Waals surface area contributed by atoms with Crippen molar-refractivity contribution in [3.63, 3.8) is 0 Å². The molecule has 1 aliphatic rings. The van der Waals surface area contributed by atoms with Crippen molar-refractivity contribution in [2.75, 3.05) is 39.4 Å². The molecule has 0 aliphatic carbocycles. The summed E-state index contributed by atoms with van der Waals surface area (Å²) in [7, 11) is 0. The van der Waals surface area contributed by atoms with Crippen LogP contribution in [0.5, 0.6) is 0 Å². The van der Waals surface area contributed by atoms with Gasteiger partial charge in [0.2, 0.25) is 5.91 Å². The number of nitrogens with one attached hydrogen (secondary N) is 1. The summed E-state index contributed by atoms with van der Waals surface area (Å²) in [6, 6.07) is 5.37. The maximum absolute atomic E-state index is 12.8. The molecule has 6 heteroatoms. The number of morpholine rings is 1. The van der Waals surface area contributed by atoms with Gasteiger partial charge in [-0.1, -0.05) is 0 Å². The molecule has 0 saturated carbocycles. The monoisotopic (exact) mass is 308 g/mol. The van der Waals surface area contributed by atoms with E-state index in [1.807, 2.05) is 0 Å². The van der Waals surface area contributed by atoms with Crippen LogP contribution in [0.4, 0.5) is 4.39 Å². The molecule has 1 aliphatic heterocycles. The second-order valence-corrected chi connectivity index (χ2v) is 5.23. The highest BCUT2D eigenvalue weighted by Gasteiger charge is 2.11. The Morgan fingerprint density at radius 3 is 2.50 bits per heavy atom. The van der Waals surface area contributed by atoms with Gasteiger partial charge in [-0.2, -0.15) is 0 Å². The van der Waals surface area contributed by atoms with E-state index < -0.39 is 0 Å². The average Bonchev–Trinajstić information content (AvgIpc) is 2.54. The fourth-order valence-corrected chi connectivity index (χ4v) is 2.27. The zero-order valence-electron chi connectivity index (χ0n) is 12.5. The maximum atomic E-state index is 12.8. The number of carbonyl (C=O) groups is 2. The average molecular weight is 308 g/mol. The first kappa shape index (κ1) is 16.6. The number of ketones is 1. The first-order valence-corrected chi connectivity index (χ1v) is 7.51. The summed E-state index contributed by atoms with van der Waals surface area (Å²) in [5, 5.41) is 2.81. The molecule has 2 rings (SSSR count). The highest BCUT2D eigenvalue weighted by atomic mass is 19.1. The van der Waals surface area contributed by atoms with Crippen LogP contribution in [0.3, 0.4) is 0 Å². The van der Waals surface area contributed by atoms with Crippen LogP contribution in [0.15, 0.2) is 24.3 Å². The second kappa shape index (κ2) is 8.60. The second-order valence-electron chi connectivity index (χ2n) is 5.23. The van der Waals surface area contributed by atoms with E-state index in [0.29, 0.717) is 12.1 Å². The van der Waals surface area contributed by atoms with Gasteiger partial charge in [-0.25, -0.2) is 4.39 Å². The van der Waals surface area contributed by atoms with E-state index >= 15 is 0 Å². The number of rotatable bonds is 7. The topological polar surface area (TPSA) is 58.6 Å². The Hall–Kier alpha value is -1.79. The van der Waals surface area contributed by atoms with Gasteiger partial charge < -0.3 is 10.1 Å². The summed E-state index contributed by atoms with van der Waals surface area (Å²) in [6.45, 7) is 4.61. The predicted molar refractivity (Wildman–Crippen MR) is 80.2 cm³/mol. The van der Waals surface area contributed by atoms with E-state index in [1.54, 1.807) is 0 Å². The molecule has 0 radical (unpaired) electrons. The van der Waals surface area contributed by atoms with Crippen molar-refractivity contribution in [2.45, 2.75) is 12.8 Å². The predicted octanol–water partition coefficient (Wildman–Crippen LogP) is 1.24. The van der Waals surface area contributed by atoms with Gasteiger partial charge in [-0.15, -0.1) is 0 Å². The number of hydrogen-bond acceptors (Lipinski definition) is 4. The summed E-state index contributed by atoms with van der Waals surface area (Å²) >= 11 is 0. The molecule has 0 unspecified atom stereocenters. The minimum absolute atomic E-state index is 0.134. The van der Waals surface area contributed by atoms with Gasteiger partial charge in [0.05, 0.1) is 13.2 Å². The fourth-order valence-electron chi connectivity index (χ4n) is 2.27. The first-order valence-electron chi connectivity index (χ1n) is 7.51. The van der Waals surface area contributed by atoms with E-state index in [4.69, 9.17) is 4.74 Å². The molecule has 1 amide bonds. The molecule has 1 saturated heterocycles. The number of Topliss-reactive ketones (excluding diaryl/α,β-unsaturated/α-hetero) is 1. The summed E-state index contributed by atoms with van der Waals surface area (Å²) in [5.41, 5.74) is 0.433. The largest absolute Gasteiger partial charge is 0.379 e. The van der Waals surface area contributed by atoms with Crippen molar-refractivity contribution in [1.82, 2.24) is 10.2 Å². The number of hydrogen-bond donors (Lipinski definition) is 1. The Bertz CT molecular complexity index is 499. The van der Waals surface area contributed by atoms with Gasteiger partial charge in [-0.05, 0) is 24.3 Å². The van der Waals surface area contributed by atoms with Gasteiger partial charge >= 0.3 is 0 Å². The van der Waals surface area contributed by atoms with Crippen LogP contribution in [0.1, 0.15) is 23.2 Å². The maximum Gasteiger partial charge on any atom is 0.220 e. The van der Waals surface area contributed by atoms with Crippen molar-refractivity contribution in [3.8, 4) is 0 Å². The third kappa shape index (κ3) is 5.54. The molecule has 0 bridgehead atoms. The van der Waals surface area contributed by atoms with Gasteiger partial charge in [0.15, 0.2) is 5.78 Å². The third-order valence-corrected chi connectivity index (χ3v) is 3.60. The van der Waals surface area contributed by atoms with E-state index in [0.717, 1.165) is 32.8 Å². The van der Waals surface area contributed by atoms with Gasteiger partial charge in [0.25, 0.3) is 0 Å². The van der Waals surface area contributed by atoms with Crippen LogP contribution in [-0.2, 0) is 9.53 Å². The molecular formula is C16H21FN2O3. The Morgan fingerprint density at radius 1 is 1.14 bits per heavy atom. The lowest BCUT2D eigenvalue weighted by atomic mass is 10.1. The Kier molecular flexibility index (Phi) is 6.48. The van der Waals surface area contributed by atoms with E-state index in [2.05, 4.69) is 10.2 Å². The normalized spacial score (nSPS) is 15.5. The van der Waals surface area contributed by atoms with E-state index in [1.165, 1.54) is 24.3 Å².